The molecule has 1 atom stereocenters. The third kappa shape index (κ3) is 4.64. The van der Waals surface area contributed by atoms with Gasteiger partial charge >= 0.3 is 5.69 Å². The summed E-state index contributed by atoms with van der Waals surface area (Å²) in [5.41, 5.74) is 2.29. The lowest BCUT2D eigenvalue weighted by atomic mass is 10.0. The van der Waals surface area contributed by atoms with Crippen LogP contribution in [0.25, 0.3) is 11.0 Å². The average molecular weight is 401 g/mol. The number of ether oxygens (including phenoxy) is 1. The van der Waals surface area contributed by atoms with Gasteiger partial charge in [-0.25, -0.2) is 4.79 Å². The smallest absolute Gasteiger partial charge is 0.329 e. The first-order valence-corrected chi connectivity index (χ1v) is 10.1. The Labute approximate surface area is 168 Å². The zero-order valence-corrected chi connectivity index (χ0v) is 16.7. The van der Waals surface area contributed by atoms with E-state index >= 15 is 0 Å². The standard InChI is InChI=1S/C21H27N3O5/c1-23-19-15(8-6-14-29-13-4-2-3-12-25)7-5-9-16(19)24(21(23)28)17-10-11-18(26)22-20(17)27/h5,7,9,12,17H,2-4,6,8,10-11,13-14H2,1H3,(H,22,26,27). The van der Waals surface area contributed by atoms with Gasteiger partial charge in [-0.1, -0.05) is 12.1 Å². The molecule has 2 amide bonds. The largest absolute Gasteiger partial charge is 0.381 e. The highest BCUT2D eigenvalue weighted by Crippen LogP contribution is 2.25. The van der Waals surface area contributed by atoms with Crippen LogP contribution < -0.4 is 11.0 Å². The molecular weight excluding hydrogens is 374 g/mol. The third-order valence-corrected chi connectivity index (χ3v) is 5.30. The molecule has 0 spiro atoms. The van der Waals surface area contributed by atoms with Gasteiger partial charge in [-0.05, 0) is 43.7 Å². The molecule has 0 bridgehead atoms. The highest BCUT2D eigenvalue weighted by Gasteiger charge is 2.31. The maximum atomic E-state index is 12.9. The minimum absolute atomic E-state index is 0.225. The van der Waals surface area contributed by atoms with Gasteiger partial charge in [-0.15, -0.1) is 0 Å². The van der Waals surface area contributed by atoms with E-state index in [2.05, 4.69) is 5.32 Å². The summed E-state index contributed by atoms with van der Waals surface area (Å²) in [6.07, 6.45) is 5.32. The van der Waals surface area contributed by atoms with Gasteiger partial charge in [0.1, 0.15) is 12.3 Å². The number of hydrogen-bond acceptors (Lipinski definition) is 5. The van der Waals surface area contributed by atoms with Gasteiger partial charge in [0.2, 0.25) is 11.8 Å². The molecule has 1 N–H and O–H groups in total. The number of benzene rings is 1. The highest BCUT2D eigenvalue weighted by molar-refractivity contribution is 6.00. The number of nitrogens with zero attached hydrogens (tertiary/aromatic N) is 2. The Morgan fingerprint density at radius 3 is 2.72 bits per heavy atom. The Morgan fingerprint density at radius 1 is 1.17 bits per heavy atom. The monoisotopic (exact) mass is 401 g/mol. The SMILES string of the molecule is Cn1c(=O)n(C2CCC(=O)NC2=O)c2cccc(CCCOCCCCC=O)c21. The molecule has 0 aliphatic carbocycles. The highest BCUT2D eigenvalue weighted by atomic mass is 16.5. The summed E-state index contributed by atoms with van der Waals surface area (Å²) in [7, 11) is 1.71. The fourth-order valence-electron chi connectivity index (χ4n) is 3.85. The summed E-state index contributed by atoms with van der Waals surface area (Å²) in [6.45, 7) is 1.25. The maximum Gasteiger partial charge on any atom is 0.329 e. The molecule has 1 fully saturated rings. The van der Waals surface area contributed by atoms with Crippen molar-refractivity contribution < 1.29 is 19.1 Å². The van der Waals surface area contributed by atoms with E-state index < -0.39 is 11.9 Å². The molecule has 1 saturated heterocycles. The number of para-hydroxylation sites is 1. The lowest BCUT2D eigenvalue weighted by molar-refractivity contribution is -0.135. The molecule has 29 heavy (non-hydrogen) atoms. The second kappa shape index (κ2) is 9.65. The van der Waals surface area contributed by atoms with Gasteiger partial charge in [-0.3, -0.25) is 24.0 Å². The number of carbonyl (C=O) groups is 3. The van der Waals surface area contributed by atoms with E-state index in [1.807, 2.05) is 18.2 Å². The number of nitrogens with one attached hydrogen (secondary N) is 1. The predicted octanol–water partition coefficient (Wildman–Crippen LogP) is 1.64. The van der Waals surface area contributed by atoms with Crippen molar-refractivity contribution in [2.75, 3.05) is 13.2 Å². The quantitative estimate of drug-likeness (QED) is 0.371. The molecule has 2 heterocycles. The van der Waals surface area contributed by atoms with Gasteiger partial charge in [0.05, 0.1) is 11.0 Å². The molecular formula is C21H27N3O5. The van der Waals surface area contributed by atoms with Gasteiger partial charge in [0.15, 0.2) is 0 Å². The lowest BCUT2D eigenvalue weighted by Gasteiger charge is -2.21. The number of aldehydes is 1. The number of rotatable bonds is 10. The van der Waals surface area contributed by atoms with Crippen molar-refractivity contribution in [2.45, 2.75) is 51.0 Å². The van der Waals surface area contributed by atoms with Crippen LogP contribution >= 0.6 is 0 Å². The van der Waals surface area contributed by atoms with Crippen molar-refractivity contribution in [2.24, 2.45) is 7.05 Å². The first-order chi connectivity index (χ1) is 14.0. The number of piperidine rings is 1. The Balaban J connectivity index is 1.72. The topological polar surface area (TPSA) is 99.4 Å². The zero-order chi connectivity index (χ0) is 20.8. The summed E-state index contributed by atoms with van der Waals surface area (Å²) in [5, 5.41) is 2.33. The number of aryl methyl sites for hydroxylation is 2. The van der Waals surface area contributed by atoms with Crippen molar-refractivity contribution >= 4 is 29.1 Å². The Kier molecular flexibility index (Phi) is 6.98. The van der Waals surface area contributed by atoms with Crippen LogP contribution in [-0.2, 0) is 32.6 Å². The number of amides is 2. The van der Waals surface area contributed by atoms with Crippen LogP contribution in [0.2, 0.25) is 0 Å². The van der Waals surface area contributed by atoms with Crippen LogP contribution in [0.3, 0.4) is 0 Å². The fourth-order valence-corrected chi connectivity index (χ4v) is 3.85. The molecule has 1 aliphatic rings. The van der Waals surface area contributed by atoms with Crippen LogP contribution in [-0.4, -0.2) is 40.4 Å². The maximum absolute atomic E-state index is 12.9. The normalized spacial score (nSPS) is 16.9. The summed E-state index contributed by atoms with van der Waals surface area (Å²) in [5.74, 6) is -0.726. The van der Waals surface area contributed by atoms with Crippen LogP contribution in [0.1, 0.15) is 50.1 Å². The first kappa shape index (κ1) is 21.0. The van der Waals surface area contributed by atoms with E-state index in [9.17, 15) is 19.2 Å². The van der Waals surface area contributed by atoms with E-state index in [0.29, 0.717) is 31.6 Å². The number of imidazole rings is 1. The van der Waals surface area contributed by atoms with Gasteiger partial charge in [0, 0.05) is 33.1 Å². The molecule has 1 aromatic heterocycles. The van der Waals surface area contributed by atoms with Gasteiger partial charge in [-0.2, -0.15) is 0 Å². The molecule has 0 saturated carbocycles. The molecule has 3 rings (SSSR count). The second-order valence-electron chi connectivity index (χ2n) is 7.34. The number of fused-ring (bicyclic) bond motifs is 1. The number of unbranched alkanes of at least 4 members (excludes halogenated alkanes) is 2. The molecule has 1 aliphatic heterocycles. The van der Waals surface area contributed by atoms with Crippen LogP contribution in [0.4, 0.5) is 0 Å². The zero-order valence-electron chi connectivity index (χ0n) is 16.7. The van der Waals surface area contributed by atoms with Crippen molar-refractivity contribution in [3.8, 4) is 0 Å². The number of hydrogen-bond donors (Lipinski definition) is 1. The number of imide groups is 1. The summed E-state index contributed by atoms with van der Waals surface area (Å²) < 4.78 is 8.70. The minimum Gasteiger partial charge on any atom is -0.381 e. The predicted molar refractivity (Wildman–Crippen MR) is 108 cm³/mol. The van der Waals surface area contributed by atoms with E-state index in [-0.39, 0.29) is 18.0 Å². The van der Waals surface area contributed by atoms with Crippen molar-refractivity contribution in [3.63, 3.8) is 0 Å². The fraction of sp³-hybridized carbons (Fsp3) is 0.524. The summed E-state index contributed by atoms with van der Waals surface area (Å²) >= 11 is 0. The number of carbonyl (C=O) groups excluding carboxylic acids is 3. The summed E-state index contributed by atoms with van der Waals surface area (Å²) in [6, 6.07) is 5.04. The molecule has 1 unspecified atom stereocenters. The number of aromatic nitrogens is 2. The minimum atomic E-state index is -0.672. The van der Waals surface area contributed by atoms with E-state index in [1.165, 1.54) is 4.57 Å². The van der Waals surface area contributed by atoms with Crippen LogP contribution in [0, 0.1) is 0 Å². The lowest BCUT2D eigenvalue weighted by Crippen LogP contribution is -2.44. The molecule has 0 radical (unpaired) electrons. The van der Waals surface area contributed by atoms with Crippen molar-refractivity contribution in [1.29, 1.82) is 0 Å². The van der Waals surface area contributed by atoms with E-state index in [0.717, 1.165) is 43.0 Å². The van der Waals surface area contributed by atoms with Crippen molar-refractivity contribution in [3.05, 3.63) is 34.2 Å². The van der Waals surface area contributed by atoms with Gasteiger partial charge < -0.3 is 9.53 Å². The van der Waals surface area contributed by atoms with Gasteiger partial charge in [0.25, 0.3) is 0 Å². The van der Waals surface area contributed by atoms with Crippen molar-refractivity contribution in [1.82, 2.24) is 14.5 Å². The van der Waals surface area contributed by atoms with Crippen LogP contribution in [0.5, 0.6) is 0 Å². The Bertz CT molecular complexity index is 959. The molecule has 1 aromatic carbocycles. The Hall–Kier alpha value is -2.74. The van der Waals surface area contributed by atoms with E-state index in [4.69, 9.17) is 4.74 Å². The Morgan fingerprint density at radius 2 is 1.97 bits per heavy atom. The summed E-state index contributed by atoms with van der Waals surface area (Å²) in [4.78, 5) is 46.9. The average Bonchev–Trinajstić information content (AvgIpc) is 2.95. The molecule has 2 aromatic rings. The van der Waals surface area contributed by atoms with E-state index in [1.54, 1.807) is 11.6 Å². The first-order valence-electron chi connectivity index (χ1n) is 10.1. The second-order valence-corrected chi connectivity index (χ2v) is 7.34. The third-order valence-electron chi connectivity index (χ3n) is 5.30. The molecule has 8 heteroatoms. The molecule has 156 valence electrons. The van der Waals surface area contributed by atoms with Crippen LogP contribution in [0.15, 0.2) is 23.0 Å². The molecule has 8 nitrogen and oxygen atoms in total.